The van der Waals surface area contributed by atoms with Gasteiger partial charge in [-0.05, 0) is 18.2 Å². The number of halogens is 2. The molecule has 0 aromatic heterocycles. The molecule has 2 unspecified atom stereocenters. The van der Waals surface area contributed by atoms with E-state index < -0.39 is 22.0 Å². The summed E-state index contributed by atoms with van der Waals surface area (Å²) in [4.78, 5) is 11.8. The Bertz CT molecular complexity index is 679. The molecule has 1 heterocycles. The lowest BCUT2D eigenvalue weighted by Crippen LogP contribution is -2.42. The van der Waals surface area contributed by atoms with E-state index in [9.17, 15) is 18.3 Å². The van der Waals surface area contributed by atoms with Crippen LogP contribution in [0.5, 0.6) is 0 Å². The van der Waals surface area contributed by atoms with Gasteiger partial charge in [0.05, 0.1) is 24.2 Å². The average molecular weight is 396 g/mol. The highest BCUT2D eigenvalue weighted by atomic mass is 35.5. The molecule has 4 N–H and O–H groups in total. The number of anilines is 1. The zero-order valence-corrected chi connectivity index (χ0v) is 15.1. The number of carbonyl (C=O) groups excluding carboxylic acids is 1. The van der Waals surface area contributed by atoms with Crippen molar-refractivity contribution in [3.05, 3.63) is 28.2 Å². The molecule has 0 spiro atoms. The number of aliphatic hydroxyl groups excluding tert-OH is 1. The van der Waals surface area contributed by atoms with Crippen molar-refractivity contribution in [2.45, 2.75) is 12.1 Å². The Morgan fingerprint density at radius 1 is 1.17 bits per heavy atom. The van der Waals surface area contributed by atoms with Gasteiger partial charge < -0.3 is 21.1 Å². The van der Waals surface area contributed by atoms with Crippen LogP contribution in [-0.4, -0.2) is 62.7 Å². The molecule has 0 radical (unpaired) electrons. The topological polar surface area (TPSA) is 108 Å². The predicted molar refractivity (Wildman–Crippen MR) is 94.4 cm³/mol. The van der Waals surface area contributed by atoms with Gasteiger partial charge in [-0.25, -0.2) is 8.42 Å². The van der Waals surface area contributed by atoms with Crippen molar-refractivity contribution in [1.29, 1.82) is 0 Å². The van der Waals surface area contributed by atoms with E-state index in [0.29, 0.717) is 28.8 Å². The van der Waals surface area contributed by atoms with Gasteiger partial charge >= 0.3 is 0 Å². The van der Waals surface area contributed by atoms with Gasteiger partial charge in [0, 0.05) is 34.9 Å². The van der Waals surface area contributed by atoms with Crippen molar-refractivity contribution < 1.29 is 18.3 Å². The minimum Gasteiger partial charge on any atom is -0.390 e. The van der Waals surface area contributed by atoms with Gasteiger partial charge in [-0.1, -0.05) is 23.2 Å². The van der Waals surface area contributed by atoms with Crippen molar-refractivity contribution >= 4 is 44.6 Å². The van der Waals surface area contributed by atoms with Crippen molar-refractivity contribution in [3.63, 3.8) is 0 Å². The van der Waals surface area contributed by atoms with Crippen LogP contribution in [0.25, 0.3) is 0 Å². The van der Waals surface area contributed by atoms with E-state index in [4.69, 9.17) is 23.2 Å². The number of benzene rings is 1. The molecule has 0 saturated carbocycles. The van der Waals surface area contributed by atoms with Crippen LogP contribution in [0.4, 0.5) is 5.69 Å². The Balaban J connectivity index is 1.64. The molecule has 1 amide bonds. The van der Waals surface area contributed by atoms with E-state index >= 15 is 0 Å². The molecule has 1 aliphatic heterocycles. The molecule has 1 aliphatic rings. The van der Waals surface area contributed by atoms with Gasteiger partial charge in [0.25, 0.3) is 0 Å². The first kappa shape index (κ1) is 19.4. The van der Waals surface area contributed by atoms with Crippen LogP contribution >= 0.6 is 23.2 Å². The van der Waals surface area contributed by atoms with Crippen molar-refractivity contribution in [2.75, 3.05) is 36.5 Å². The van der Waals surface area contributed by atoms with Gasteiger partial charge in [-0.3, -0.25) is 4.79 Å². The molecular weight excluding hydrogens is 377 g/mol. The van der Waals surface area contributed by atoms with Crippen LogP contribution in [0.15, 0.2) is 18.2 Å². The highest BCUT2D eigenvalue weighted by Gasteiger charge is 2.35. The third kappa shape index (κ3) is 6.19. The number of sulfone groups is 1. The number of nitrogens with one attached hydrogen (secondary N) is 3. The van der Waals surface area contributed by atoms with E-state index in [1.54, 1.807) is 18.2 Å². The van der Waals surface area contributed by atoms with E-state index in [-0.39, 0.29) is 24.0 Å². The van der Waals surface area contributed by atoms with E-state index in [1.807, 2.05) is 0 Å². The Labute approximate surface area is 150 Å². The van der Waals surface area contributed by atoms with Crippen LogP contribution in [0, 0.1) is 0 Å². The van der Waals surface area contributed by atoms with Crippen molar-refractivity contribution in [2.24, 2.45) is 0 Å². The van der Waals surface area contributed by atoms with E-state index in [0.717, 1.165) is 0 Å². The minimum absolute atomic E-state index is 0.0653. The maximum Gasteiger partial charge on any atom is 0.238 e. The van der Waals surface area contributed by atoms with Crippen LogP contribution in [-0.2, 0) is 14.6 Å². The lowest BCUT2D eigenvalue weighted by atomic mass is 10.2. The average Bonchev–Trinajstić information content (AvgIpc) is 2.69. The van der Waals surface area contributed by atoms with Gasteiger partial charge in [0.2, 0.25) is 5.91 Å². The van der Waals surface area contributed by atoms with Gasteiger partial charge in [-0.15, -0.1) is 0 Å². The molecule has 24 heavy (non-hydrogen) atoms. The van der Waals surface area contributed by atoms with Crippen LogP contribution in [0.2, 0.25) is 10.0 Å². The number of hydrogen-bond donors (Lipinski definition) is 4. The second-order valence-electron chi connectivity index (χ2n) is 5.59. The fourth-order valence-corrected chi connectivity index (χ4v) is 4.70. The number of hydrogen-bond acceptors (Lipinski definition) is 6. The maximum absolute atomic E-state index is 11.8. The summed E-state index contributed by atoms with van der Waals surface area (Å²) < 4.78 is 22.7. The van der Waals surface area contributed by atoms with Crippen LogP contribution in [0.1, 0.15) is 0 Å². The van der Waals surface area contributed by atoms with Crippen molar-refractivity contribution in [3.8, 4) is 0 Å². The Morgan fingerprint density at radius 2 is 1.83 bits per heavy atom. The standard InChI is InChI=1S/C14H19Cl2N3O4S/c15-9-3-10(16)5-11(4-9)19-14(21)6-17-1-2-18-12-7-24(22,23)8-13(12)20/h3-5,12-13,17-18,20H,1-2,6-8H2,(H,19,21). The number of amides is 1. The largest absolute Gasteiger partial charge is 0.390 e. The first-order valence-electron chi connectivity index (χ1n) is 7.34. The molecule has 10 heteroatoms. The van der Waals surface area contributed by atoms with Gasteiger partial charge in [0.15, 0.2) is 9.84 Å². The SMILES string of the molecule is O=C(CNCCNC1CS(=O)(=O)CC1O)Nc1cc(Cl)cc(Cl)c1. The smallest absolute Gasteiger partial charge is 0.238 e. The fraction of sp³-hybridized carbons (Fsp3) is 0.500. The summed E-state index contributed by atoms with van der Waals surface area (Å²) in [5, 5.41) is 19.0. The third-order valence-electron chi connectivity index (χ3n) is 3.46. The first-order valence-corrected chi connectivity index (χ1v) is 9.91. The van der Waals surface area contributed by atoms with Crippen molar-refractivity contribution in [1.82, 2.24) is 10.6 Å². The van der Waals surface area contributed by atoms with Crippen LogP contribution in [0.3, 0.4) is 0 Å². The summed E-state index contributed by atoms with van der Waals surface area (Å²) in [5.74, 6) is -0.524. The quantitative estimate of drug-likeness (QED) is 0.493. The molecule has 0 aliphatic carbocycles. The normalized spacial score (nSPS) is 22.5. The highest BCUT2D eigenvalue weighted by molar-refractivity contribution is 7.91. The zero-order chi connectivity index (χ0) is 17.7. The monoisotopic (exact) mass is 395 g/mol. The summed E-state index contributed by atoms with van der Waals surface area (Å²) in [6, 6.07) is 4.29. The lowest BCUT2D eigenvalue weighted by molar-refractivity contribution is -0.115. The molecular formula is C14H19Cl2N3O4S. The highest BCUT2D eigenvalue weighted by Crippen LogP contribution is 2.22. The molecule has 1 aromatic carbocycles. The van der Waals surface area contributed by atoms with E-state index in [2.05, 4.69) is 16.0 Å². The summed E-state index contributed by atoms with van der Waals surface area (Å²) in [7, 11) is -3.16. The lowest BCUT2D eigenvalue weighted by Gasteiger charge is -2.15. The summed E-state index contributed by atoms with van der Waals surface area (Å²) in [6.45, 7) is 0.970. The Hall–Kier alpha value is -0.900. The molecule has 134 valence electrons. The number of rotatable bonds is 7. The summed E-state index contributed by atoms with van der Waals surface area (Å²) in [5.41, 5.74) is 0.511. The zero-order valence-electron chi connectivity index (χ0n) is 12.8. The van der Waals surface area contributed by atoms with Gasteiger partial charge in [-0.2, -0.15) is 0 Å². The predicted octanol–water partition coefficient (Wildman–Crippen LogP) is 0.269. The molecule has 0 bridgehead atoms. The number of carbonyl (C=O) groups is 1. The van der Waals surface area contributed by atoms with E-state index in [1.165, 1.54) is 0 Å². The second kappa shape index (κ2) is 8.46. The third-order valence-corrected chi connectivity index (χ3v) is 5.62. The molecule has 2 rings (SSSR count). The summed E-state index contributed by atoms with van der Waals surface area (Å²) >= 11 is 11.7. The maximum atomic E-state index is 11.8. The summed E-state index contributed by atoms with van der Waals surface area (Å²) in [6.07, 6.45) is -0.883. The fourth-order valence-electron chi connectivity index (χ4n) is 2.40. The molecule has 1 saturated heterocycles. The molecule has 2 atom stereocenters. The van der Waals surface area contributed by atoms with Gasteiger partial charge in [0.1, 0.15) is 0 Å². The Morgan fingerprint density at radius 3 is 2.42 bits per heavy atom. The first-order chi connectivity index (χ1) is 11.2. The molecule has 1 fully saturated rings. The second-order valence-corrected chi connectivity index (χ2v) is 8.61. The number of aliphatic hydroxyl groups is 1. The molecule has 1 aromatic rings. The van der Waals surface area contributed by atoms with Crippen LogP contribution < -0.4 is 16.0 Å². The molecule has 7 nitrogen and oxygen atoms in total. The minimum atomic E-state index is -3.16. The Kier molecular flexibility index (Phi) is 6.85.